The number of hydrogen-bond donors (Lipinski definition) is 2. The second-order valence-electron chi connectivity index (χ2n) is 6.38. The number of nitrogens with zero attached hydrogens (tertiary/aromatic N) is 3. The number of carbonyl (C=O) groups excluding carboxylic acids is 1. The summed E-state index contributed by atoms with van der Waals surface area (Å²) in [6.45, 7) is 1.97. The van der Waals surface area contributed by atoms with Crippen LogP contribution in [0.3, 0.4) is 0 Å². The lowest BCUT2D eigenvalue weighted by Gasteiger charge is -2.26. The molecule has 0 unspecified atom stereocenters. The molecule has 0 amide bonds. The zero-order chi connectivity index (χ0) is 17.2. The van der Waals surface area contributed by atoms with Crippen LogP contribution in [0.4, 0.5) is 16.8 Å². The van der Waals surface area contributed by atoms with Crippen LogP contribution in [-0.2, 0) is 4.79 Å². The van der Waals surface area contributed by atoms with Gasteiger partial charge < -0.3 is 15.4 Å². The maximum absolute atomic E-state index is 10.9. The summed E-state index contributed by atoms with van der Waals surface area (Å²) in [6.07, 6.45) is 4.99. The molecule has 1 saturated carbocycles. The second-order valence-corrected chi connectivity index (χ2v) is 8.10. The Morgan fingerprint density at radius 1 is 1.24 bits per heavy atom. The topological polar surface area (TPSA) is 79.8 Å². The van der Waals surface area contributed by atoms with Crippen LogP contribution in [0.2, 0.25) is 0 Å². The van der Waals surface area contributed by atoms with Crippen molar-refractivity contribution in [1.29, 1.82) is 0 Å². The third-order valence-corrected chi connectivity index (χ3v) is 6.18. The summed E-state index contributed by atoms with van der Waals surface area (Å²) in [4.78, 5) is 20.2. The second kappa shape index (κ2) is 7.05. The van der Waals surface area contributed by atoms with Gasteiger partial charge in [0.2, 0.25) is 5.95 Å². The van der Waals surface area contributed by atoms with Gasteiger partial charge in [-0.25, -0.2) is 4.98 Å². The number of anilines is 3. The van der Waals surface area contributed by atoms with E-state index in [1.807, 2.05) is 24.4 Å². The Morgan fingerprint density at radius 3 is 2.80 bits per heavy atom. The number of carbonyl (C=O) groups is 1. The number of aldehydes is 1. The molecule has 3 aromatic heterocycles. The predicted octanol–water partition coefficient (Wildman–Crippen LogP) is 4.37. The number of fused-ring (bicyclic) bond motifs is 1. The maximum atomic E-state index is 10.9. The van der Waals surface area contributed by atoms with Crippen molar-refractivity contribution < 1.29 is 4.79 Å². The lowest BCUT2D eigenvalue weighted by molar-refractivity contribution is -0.111. The van der Waals surface area contributed by atoms with Crippen molar-refractivity contribution in [2.24, 2.45) is 5.92 Å². The van der Waals surface area contributed by atoms with Crippen molar-refractivity contribution in [3.63, 3.8) is 0 Å². The predicted molar refractivity (Wildman–Crippen MR) is 103 cm³/mol. The summed E-state index contributed by atoms with van der Waals surface area (Å²) >= 11 is 3.05. The minimum absolute atomic E-state index is 0.219. The minimum atomic E-state index is 0.219. The zero-order valence-electron chi connectivity index (χ0n) is 13.9. The van der Waals surface area contributed by atoms with Crippen LogP contribution in [0.25, 0.3) is 10.2 Å². The van der Waals surface area contributed by atoms with Crippen LogP contribution >= 0.6 is 22.9 Å². The Hall–Kier alpha value is -2.06. The van der Waals surface area contributed by atoms with Gasteiger partial charge in [0, 0.05) is 12.0 Å². The molecule has 8 heteroatoms. The molecule has 2 N–H and O–H groups in total. The van der Waals surface area contributed by atoms with Crippen LogP contribution in [0.5, 0.6) is 0 Å². The lowest BCUT2D eigenvalue weighted by Crippen LogP contribution is -2.27. The Bertz CT molecular complexity index is 882. The number of rotatable bonds is 5. The largest absolute Gasteiger partial charge is 0.366 e. The van der Waals surface area contributed by atoms with E-state index in [9.17, 15) is 4.79 Å². The average molecular weight is 374 g/mol. The number of aryl methyl sites for hydroxylation is 1. The SMILES string of the molecule is Cc1cc(Nc2nc(NC3CCC(C=O)CC3)c3sccc3n2)sn1. The quantitative estimate of drug-likeness (QED) is 0.647. The smallest absolute Gasteiger partial charge is 0.230 e. The third-order valence-electron chi connectivity index (χ3n) is 4.47. The van der Waals surface area contributed by atoms with E-state index in [-0.39, 0.29) is 5.92 Å². The van der Waals surface area contributed by atoms with Gasteiger partial charge in [-0.3, -0.25) is 0 Å². The number of thiophene rings is 1. The number of nitrogens with one attached hydrogen (secondary N) is 2. The summed E-state index contributed by atoms with van der Waals surface area (Å²) in [6, 6.07) is 4.36. The highest BCUT2D eigenvalue weighted by molar-refractivity contribution is 7.17. The molecular weight excluding hydrogens is 354 g/mol. The van der Waals surface area contributed by atoms with Gasteiger partial charge >= 0.3 is 0 Å². The van der Waals surface area contributed by atoms with Gasteiger partial charge in [-0.2, -0.15) is 9.36 Å². The minimum Gasteiger partial charge on any atom is -0.366 e. The molecule has 0 radical (unpaired) electrons. The number of aromatic nitrogens is 3. The van der Waals surface area contributed by atoms with E-state index < -0.39 is 0 Å². The van der Waals surface area contributed by atoms with Crippen molar-refractivity contribution in [3.8, 4) is 0 Å². The van der Waals surface area contributed by atoms with Crippen molar-refractivity contribution in [3.05, 3.63) is 23.2 Å². The highest BCUT2D eigenvalue weighted by atomic mass is 32.1. The maximum Gasteiger partial charge on any atom is 0.230 e. The zero-order valence-corrected chi connectivity index (χ0v) is 15.5. The molecule has 0 bridgehead atoms. The van der Waals surface area contributed by atoms with E-state index in [4.69, 9.17) is 4.98 Å². The van der Waals surface area contributed by atoms with Crippen molar-refractivity contribution in [2.45, 2.75) is 38.6 Å². The molecule has 25 heavy (non-hydrogen) atoms. The first-order valence-electron chi connectivity index (χ1n) is 8.38. The first kappa shape index (κ1) is 16.4. The first-order chi connectivity index (χ1) is 12.2. The van der Waals surface area contributed by atoms with Crippen LogP contribution in [0.15, 0.2) is 17.5 Å². The summed E-state index contributed by atoms with van der Waals surface area (Å²) in [5, 5.41) is 9.80. The molecule has 1 aliphatic carbocycles. The Balaban J connectivity index is 1.57. The van der Waals surface area contributed by atoms with Gasteiger partial charge in [0.15, 0.2) is 0 Å². The molecule has 1 fully saturated rings. The van der Waals surface area contributed by atoms with E-state index in [1.165, 1.54) is 11.5 Å². The highest BCUT2D eigenvalue weighted by Crippen LogP contribution is 2.32. The fourth-order valence-electron chi connectivity index (χ4n) is 3.14. The monoisotopic (exact) mass is 373 g/mol. The lowest BCUT2D eigenvalue weighted by atomic mass is 9.87. The Labute approximate surface area is 153 Å². The van der Waals surface area contributed by atoms with Crippen LogP contribution in [0, 0.1) is 12.8 Å². The van der Waals surface area contributed by atoms with Crippen LogP contribution in [0.1, 0.15) is 31.4 Å². The van der Waals surface area contributed by atoms with Gasteiger partial charge in [-0.05, 0) is 61.7 Å². The Morgan fingerprint density at radius 2 is 2.08 bits per heavy atom. The first-order valence-corrected chi connectivity index (χ1v) is 10.0. The molecule has 3 aromatic rings. The van der Waals surface area contributed by atoms with Gasteiger partial charge in [0.05, 0.1) is 15.9 Å². The third kappa shape index (κ3) is 3.64. The van der Waals surface area contributed by atoms with E-state index >= 15 is 0 Å². The summed E-state index contributed by atoms with van der Waals surface area (Å²) in [7, 11) is 0. The molecular formula is C17H19N5OS2. The molecule has 0 saturated heterocycles. The van der Waals surface area contributed by atoms with Crippen LogP contribution in [-0.4, -0.2) is 26.7 Å². The van der Waals surface area contributed by atoms with Gasteiger partial charge in [0.25, 0.3) is 0 Å². The molecule has 4 rings (SSSR count). The molecule has 130 valence electrons. The van der Waals surface area contributed by atoms with Gasteiger partial charge in [0.1, 0.15) is 17.1 Å². The van der Waals surface area contributed by atoms with Gasteiger partial charge in [-0.1, -0.05) is 0 Å². The molecule has 0 spiro atoms. The molecule has 0 aromatic carbocycles. The molecule has 0 aliphatic heterocycles. The summed E-state index contributed by atoms with van der Waals surface area (Å²) < 4.78 is 5.35. The Kier molecular flexibility index (Phi) is 4.63. The highest BCUT2D eigenvalue weighted by Gasteiger charge is 2.22. The molecule has 3 heterocycles. The molecule has 1 aliphatic rings. The summed E-state index contributed by atoms with van der Waals surface area (Å²) in [5.41, 5.74) is 1.92. The van der Waals surface area contributed by atoms with E-state index in [2.05, 4.69) is 20.0 Å². The van der Waals surface area contributed by atoms with E-state index in [0.717, 1.165) is 58.7 Å². The molecule has 0 atom stereocenters. The normalized spacial score (nSPS) is 20.5. The van der Waals surface area contributed by atoms with Crippen molar-refractivity contribution in [1.82, 2.24) is 14.3 Å². The number of hydrogen-bond acceptors (Lipinski definition) is 8. The van der Waals surface area contributed by atoms with E-state index in [1.54, 1.807) is 11.3 Å². The summed E-state index contributed by atoms with van der Waals surface area (Å²) in [5.74, 6) is 1.67. The van der Waals surface area contributed by atoms with Crippen LogP contribution < -0.4 is 10.6 Å². The van der Waals surface area contributed by atoms with Crippen molar-refractivity contribution in [2.75, 3.05) is 10.6 Å². The fraction of sp³-hybridized carbons (Fsp3) is 0.412. The molecule has 6 nitrogen and oxygen atoms in total. The standard InChI is InChI=1S/C17H19N5OS2/c1-10-8-14(25-22-10)20-17-19-13-6-7-24-15(13)16(21-17)18-12-4-2-11(9-23)3-5-12/h6-9,11-12H,2-5H2,1H3,(H2,18,19,20,21). The van der Waals surface area contributed by atoms with Gasteiger partial charge in [-0.15, -0.1) is 11.3 Å². The fourth-order valence-corrected chi connectivity index (χ4v) is 4.58. The van der Waals surface area contributed by atoms with E-state index in [0.29, 0.717) is 12.0 Å². The average Bonchev–Trinajstić information content (AvgIpc) is 3.24. The van der Waals surface area contributed by atoms with Crippen molar-refractivity contribution >= 4 is 56.1 Å².